The molecule has 1 unspecified atom stereocenters. The number of rotatable bonds is 5. The zero-order chi connectivity index (χ0) is 14.5. The number of amides is 1. The number of aryl methyl sites for hydroxylation is 1. The number of nitrogens with one attached hydrogen (secondary N) is 1. The van der Waals surface area contributed by atoms with Crippen LogP contribution in [0.4, 0.5) is 0 Å². The van der Waals surface area contributed by atoms with E-state index in [9.17, 15) is 4.79 Å². The highest BCUT2D eigenvalue weighted by Gasteiger charge is 2.13. The zero-order valence-electron chi connectivity index (χ0n) is 11.7. The van der Waals surface area contributed by atoms with Crippen molar-refractivity contribution in [3.05, 3.63) is 48.0 Å². The van der Waals surface area contributed by atoms with Gasteiger partial charge in [0, 0.05) is 25.5 Å². The summed E-state index contributed by atoms with van der Waals surface area (Å²) in [6.45, 7) is 4.34. The van der Waals surface area contributed by atoms with Gasteiger partial charge < -0.3 is 15.0 Å². The second kappa shape index (κ2) is 6.34. The number of hydrogen-bond donors (Lipinski definition) is 2. The van der Waals surface area contributed by atoms with Crippen molar-refractivity contribution < 1.29 is 9.90 Å². The van der Waals surface area contributed by atoms with Crippen LogP contribution in [0.25, 0.3) is 5.69 Å². The van der Waals surface area contributed by atoms with Crippen LogP contribution in [0, 0.1) is 12.8 Å². The van der Waals surface area contributed by atoms with Crippen molar-refractivity contribution in [1.82, 2.24) is 14.9 Å². The normalized spacial score (nSPS) is 12.2. The minimum atomic E-state index is -0.141. The molecule has 1 amide bonds. The summed E-state index contributed by atoms with van der Waals surface area (Å²) in [5.74, 6) is -0.0989. The Morgan fingerprint density at radius 3 is 2.95 bits per heavy atom. The Labute approximate surface area is 118 Å². The average molecular weight is 273 g/mol. The summed E-state index contributed by atoms with van der Waals surface area (Å²) in [4.78, 5) is 16.3. The van der Waals surface area contributed by atoms with E-state index in [1.54, 1.807) is 18.7 Å². The van der Waals surface area contributed by atoms with Gasteiger partial charge in [0.05, 0.1) is 17.6 Å². The maximum absolute atomic E-state index is 12.3. The van der Waals surface area contributed by atoms with Crippen molar-refractivity contribution in [2.24, 2.45) is 5.92 Å². The molecule has 2 rings (SSSR count). The van der Waals surface area contributed by atoms with Crippen molar-refractivity contribution in [1.29, 1.82) is 0 Å². The van der Waals surface area contributed by atoms with E-state index in [4.69, 9.17) is 5.11 Å². The van der Waals surface area contributed by atoms with E-state index in [1.165, 1.54) is 0 Å². The smallest absolute Gasteiger partial charge is 0.253 e. The number of carbonyl (C=O) groups excluding carboxylic acids is 1. The van der Waals surface area contributed by atoms with Gasteiger partial charge in [-0.15, -0.1) is 0 Å². The van der Waals surface area contributed by atoms with Crippen LogP contribution in [0.2, 0.25) is 0 Å². The molecular weight excluding hydrogens is 254 g/mol. The second-order valence-electron chi connectivity index (χ2n) is 4.99. The quantitative estimate of drug-likeness (QED) is 0.868. The molecular formula is C15H19N3O2. The zero-order valence-corrected chi connectivity index (χ0v) is 11.7. The van der Waals surface area contributed by atoms with Crippen LogP contribution in [0.3, 0.4) is 0 Å². The number of benzene rings is 1. The molecule has 0 aliphatic carbocycles. The Bertz CT molecular complexity index is 579. The fourth-order valence-electron chi connectivity index (χ4n) is 1.89. The van der Waals surface area contributed by atoms with Crippen LogP contribution in [-0.4, -0.2) is 33.7 Å². The van der Waals surface area contributed by atoms with Gasteiger partial charge in [-0.2, -0.15) is 0 Å². The Hall–Kier alpha value is -2.14. The minimum Gasteiger partial charge on any atom is -0.396 e. The largest absolute Gasteiger partial charge is 0.396 e. The summed E-state index contributed by atoms with van der Waals surface area (Å²) < 4.78 is 1.81. The summed E-state index contributed by atoms with van der Waals surface area (Å²) in [6.07, 6.45) is 5.14. The highest BCUT2D eigenvalue weighted by atomic mass is 16.3. The number of nitrogens with zero attached hydrogens (tertiary/aromatic N) is 2. The molecule has 1 heterocycles. The van der Waals surface area contributed by atoms with Crippen LogP contribution in [0.15, 0.2) is 36.9 Å². The van der Waals surface area contributed by atoms with E-state index in [2.05, 4.69) is 10.3 Å². The van der Waals surface area contributed by atoms with Crippen LogP contribution >= 0.6 is 0 Å². The number of aliphatic hydroxyl groups is 1. The van der Waals surface area contributed by atoms with Gasteiger partial charge in [0.15, 0.2) is 0 Å². The summed E-state index contributed by atoms with van der Waals surface area (Å²) in [5, 5.41) is 11.9. The Balaban J connectivity index is 2.26. The number of aliphatic hydroxyl groups excluding tert-OH is 1. The number of imidazole rings is 1. The third-order valence-electron chi connectivity index (χ3n) is 3.10. The van der Waals surface area contributed by atoms with E-state index >= 15 is 0 Å². The fourth-order valence-corrected chi connectivity index (χ4v) is 1.89. The van der Waals surface area contributed by atoms with E-state index in [-0.39, 0.29) is 18.4 Å². The van der Waals surface area contributed by atoms with Gasteiger partial charge in [-0.3, -0.25) is 4.79 Å². The topological polar surface area (TPSA) is 67.2 Å². The third kappa shape index (κ3) is 3.24. The molecule has 5 nitrogen and oxygen atoms in total. The molecule has 20 heavy (non-hydrogen) atoms. The Morgan fingerprint density at radius 1 is 1.50 bits per heavy atom. The van der Waals surface area contributed by atoms with Crippen molar-refractivity contribution in [2.45, 2.75) is 13.8 Å². The number of aromatic nitrogens is 2. The lowest BCUT2D eigenvalue weighted by Crippen LogP contribution is -2.30. The van der Waals surface area contributed by atoms with Gasteiger partial charge in [0.1, 0.15) is 0 Å². The standard InChI is InChI=1S/C15H19N3O2/c1-11-3-4-14(18-6-5-16-10-18)13(7-11)15(20)17-8-12(2)9-19/h3-7,10,12,19H,8-9H2,1-2H3,(H,17,20). The lowest BCUT2D eigenvalue weighted by Gasteiger charge is -2.13. The molecule has 0 bridgehead atoms. The van der Waals surface area contributed by atoms with Gasteiger partial charge in [-0.1, -0.05) is 18.6 Å². The Kier molecular flexibility index (Phi) is 4.53. The van der Waals surface area contributed by atoms with Gasteiger partial charge in [0.2, 0.25) is 0 Å². The van der Waals surface area contributed by atoms with E-state index in [0.717, 1.165) is 11.3 Å². The van der Waals surface area contributed by atoms with Crippen molar-refractivity contribution in [2.75, 3.05) is 13.2 Å². The highest BCUT2D eigenvalue weighted by Crippen LogP contribution is 2.16. The molecule has 0 fully saturated rings. The monoisotopic (exact) mass is 273 g/mol. The van der Waals surface area contributed by atoms with Crippen LogP contribution in [0.5, 0.6) is 0 Å². The maximum Gasteiger partial charge on any atom is 0.253 e. The summed E-state index contributed by atoms with van der Waals surface area (Å²) in [5.41, 5.74) is 2.42. The fraction of sp³-hybridized carbons (Fsp3) is 0.333. The molecule has 1 aromatic carbocycles. The molecule has 2 aromatic rings. The van der Waals surface area contributed by atoms with Crippen LogP contribution < -0.4 is 5.32 Å². The summed E-state index contributed by atoms with van der Waals surface area (Å²) in [7, 11) is 0. The minimum absolute atomic E-state index is 0.0421. The first-order valence-corrected chi connectivity index (χ1v) is 6.60. The first kappa shape index (κ1) is 14.3. The predicted molar refractivity (Wildman–Crippen MR) is 76.9 cm³/mol. The van der Waals surface area contributed by atoms with Gasteiger partial charge >= 0.3 is 0 Å². The third-order valence-corrected chi connectivity index (χ3v) is 3.10. The average Bonchev–Trinajstić information content (AvgIpc) is 2.98. The highest BCUT2D eigenvalue weighted by molar-refractivity contribution is 5.98. The van der Waals surface area contributed by atoms with Gasteiger partial charge in [-0.05, 0) is 25.0 Å². The van der Waals surface area contributed by atoms with E-state index in [1.807, 2.05) is 36.6 Å². The predicted octanol–water partition coefficient (Wildman–Crippen LogP) is 1.54. The van der Waals surface area contributed by atoms with Crippen LogP contribution in [-0.2, 0) is 0 Å². The van der Waals surface area contributed by atoms with E-state index in [0.29, 0.717) is 12.1 Å². The van der Waals surface area contributed by atoms with Gasteiger partial charge in [0.25, 0.3) is 5.91 Å². The lowest BCUT2D eigenvalue weighted by atomic mass is 10.1. The Morgan fingerprint density at radius 2 is 2.30 bits per heavy atom. The lowest BCUT2D eigenvalue weighted by molar-refractivity contribution is 0.0942. The van der Waals surface area contributed by atoms with Crippen molar-refractivity contribution in [3.63, 3.8) is 0 Å². The molecule has 0 spiro atoms. The molecule has 0 aliphatic rings. The molecule has 5 heteroatoms. The van der Waals surface area contributed by atoms with Crippen molar-refractivity contribution >= 4 is 5.91 Å². The summed E-state index contributed by atoms with van der Waals surface area (Å²) in [6, 6.07) is 5.72. The number of hydrogen-bond acceptors (Lipinski definition) is 3. The molecule has 2 N–H and O–H groups in total. The summed E-state index contributed by atoms with van der Waals surface area (Å²) >= 11 is 0. The molecule has 0 saturated carbocycles. The molecule has 0 aliphatic heterocycles. The number of carbonyl (C=O) groups is 1. The molecule has 1 atom stereocenters. The first-order chi connectivity index (χ1) is 9.61. The van der Waals surface area contributed by atoms with Crippen LogP contribution in [0.1, 0.15) is 22.8 Å². The molecule has 0 radical (unpaired) electrons. The second-order valence-corrected chi connectivity index (χ2v) is 4.99. The molecule has 0 saturated heterocycles. The van der Waals surface area contributed by atoms with Gasteiger partial charge in [-0.25, -0.2) is 4.98 Å². The molecule has 106 valence electrons. The maximum atomic E-state index is 12.3. The SMILES string of the molecule is Cc1ccc(-n2ccnc2)c(C(=O)NCC(C)CO)c1. The van der Waals surface area contributed by atoms with E-state index < -0.39 is 0 Å². The first-order valence-electron chi connectivity index (χ1n) is 6.60. The van der Waals surface area contributed by atoms with Crippen molar-refractivity contribution in [3.8, 4) is 5.69 Å². The molecule has 1 aromatic heterocycles.